The third-order valence-corrected chi connectivity index (χ3v) is 2.18. The summed E-state index contributed by atoms with van der Waals surface area (Å²) in [5, 5.41) is 8.63. The molecular weight excluding hydrogens is 180 g/mol. The van der Waals surface area contributed by atoms with Crippen LogP contribution in [0.5, 0.6) is 0 Å². The predicted molar refractivity (Wildman–Crippen MR) is 56.4 cm³/mol. The summed E-state index contributed by atoms with van der Waals surface area (Å²) in [5.41, 5.74) is 0. The van der Waals surface area contributed by atoms with Crippen LogP contribution in [0.4, 0.5) is 0 Å². The fraction of sp³-hybridized carbons (Fsp3) is 0.909. The van der Waals surface area contributed by atoms with Crippen molar-refractivity contribution in [2.75, 3.05) is 6.61 Å². The molecule has 0 fully saturated rings. The molecule has 0 aliphatic heterocycles. The molecule has 1 atom stereocenters. The highest BCUT2D eigenvalue weighted by Crippen LogP contribution is 2.11. The summed E-state index contributed by atoms with van der Waals surface area (Å²) in [6.07, 6.45) is 5.62. The van der Waals surface area contributed by atoms with E-state index in [0.717, 1.165) is 12.8 Å². The van der Waals surface area contributed by atoms with Gasteiger partial charge >= 0.3 is 5.97 Å². The summed E-state index contributed by atoms with van der Waals surface area (Å²) >= 11 is 0. The first-order chi connectivity index (χ1) is 6.70. The van der Waals surface area contributed by atoms with Crippen LogP contribution in [0.2, 0.25) is 0 Å². The maximum Gasteiger partial charge on any atom is 0.305 e. The van der Waals surface area contributed by atoms with Crippen molar-refractivity contribution in [1.29, 1.82) is 0 Å². The summed E-state index contributed by atoms with van der Waals surface area (Å²) in [6, 6.07) is 0. The van der Waals surface area contributed by atoms with Gasteiger partial charge in [0.1, 0.15) is 0 Å². The first-order valence-electron chi connectivity index (χ1n) is 5.54. The van der Waals surface area contributed by atoms with Crippen LogP contribution in [0.15, 0.2) is 0 Å². The lowest BCUT2D eigenvalue weighted by Gasteiger charge is -2.14. The Morgan fingerprint density at radius 3 is 2.50 bits per heavy atom. The molecule has 0 aromatic heterocycles. The van der Waals surface area contributed by atoms with Crippen LogP contribution < -0.4 is 0 Å². The van der Waals surface area contributed by atoms with E-state index in [1.54, 1.807) is 0 Å². The van der Waals surface area contributed by atoms with Gasteiger partial charge in [-0.15, -0.1) is 0 Å². The van der Waals surface area contributed by atoms with Gasteiger partial charge in [0.15, 0.2) is 0 Å². The third-order valence-electron chi connectivity index (χ3n) is 2.18. The molecule has 0 aromatic carbocycles. The molecule has 3 nitrogen and oxygen atoms in total. The van der Waals surface area contributed by atoms with Gasteiger partial charge in [-0.25, -0.2) is 0 Å². The minimum absolute atomic E-state index is 0.0886. The van der Waals surface area contributed by atoms with Crippen LogP contribution in [0.1, 0.15) is 52.4 Å². The van der Waals surface area contributed by atoms with Crippen LogP contribution in [-0.4, -0.2) is 23.8 Å². The lowest BCUT2D eigenvalue weighted by atomic mass is 10.1. The molecule has 0 rings (SSSR count). The Labute approximate surface area is 86.5 Å². The smallest absolute Gasteiger partial charge is 0.305 e. The van der Waals surface area contributed by atoms with Crippen molar-refractivity contribution < 1.29 is 14.6 Å². The molecule has 0 amide bonds. The third kappa shape index (κ3) is 8.05. The van der Waals surface area contributed by atoms with Crippen LogP contribution >= 0.6 is 0 Å². The van der Waals surface area contributed by atoms with Crippen molar-refractivity contribution in [2.24, 2.45) is 0 Å². The van der Waals surface area contributed by atoms with Crippen molar-refractivity contribution in [3.63, 3.8) is 0 Å². The van der Waals surface area contributed by atoms with E-state index in [4.69, 9.17) is 9.84 Å². The van der Waals surface area contributed by atoms with E-state index >= 15 is 0 Å². The van der Waals surface area contributed by atoms with Crippen LogP contribution in [0.25, 0.3) is 0 Å². The van der Waals surface area contributed by atoms with Crippen LogP contribution in [0.3, 0.4) is 0 Å². The van der Waals surface area contributed by atoms with Gasteiger partial charge in [-0.3, -0.25) is 4.79 Å². The lowest BCUT2D eigenvalue weighted by molar-refractivity contribution is -0.140. The van der Waals surface area contributed by atoms with Crippen molar-refractivity contribution in [2.45, 2.75) is 58.5 Å². The summed E-state index contributed by atoms with van der Waals surface area (Å²) in [6.45, 7) is 4.67. The normalized spacial score (nSPS) is 12.7. The van der Waals surface area contributed by atoms with Crippen LogP contribution in [-0.2, 0) is 9.53 Å². The van der Waals surface area contributed by atoms with E-state index < -0.39 is 5.97 Å². The molecule has 0 saturated heterocycles. The van der Waals surface area contributed by atoms with E-state index in [9.17, 15) is 4.79 Å². The Bertz CT molecular complexity index is 145. The molecule has 0 heterocycles. The fourth-order valence-electron chi connectivity index (χ4n) is 1.47. The molecule has 0 radical (unpaired) electrons. The van der Waals surface area contributed by atoms with E-state index in [1.165, 1.54) is 19.3 Å². The molecule has 84 valence electrons. The standard InChI is InChI=1S/C11H22O3/c1-3-5-6-7-8-10(14-4-2)9-11(12)13/h10H,3-9H2,1-2H3,(H,12,13). The molecule has 1 unspecified atom stereocenters. The van der Waals surface area contributed by atoms with E-state index in [1.807, 2.05) is 6.92 Å². The van der Waals surface area contributed by atoms with Crippen molar-refractivity contribution in [3.8, 4) is 0 Å². The number of carboxylic acid groups (broad SMARTS) is 1. The number of carboxylic acids is 1. The summed E-state index contributed by atoms with van der Waals surface area (Å²) in [5.74, 6) is -0.765. The molecule has 0 bridgehead atoms. The summed E-state index contributed by atoms with van der Waals surface area (Å²) < 4.78 is 5.35. The molecule has 0 aliphatic carbocycles. The summed E-state index contributed by atoms with van der Waals surface area (Å²) in [4.78, 5) is 10.5. The number of hydrogen-bond donors (Lipinski definition) is 1. The predicted octanol–water partition coefficient (Wildman–Crippen LogP) is 2.84. The highest BCUT2D eigenvalue weighted by molar-refractivity contribution is 5.67. The zero-order chi connectivity index (χ0) is 10.8. The minimum Gasteiger partial charge on any atom is -0.481 e. The van der Waals surface area contributed by atoms with Gasteiger partial charge in [0, 0.05) is 6.61 Å². The molecule has 14 heavy (non-hydrogen) atoms. The highest BCUT2D eigenvalue weighted by atomic mass is 16.5. The van der Waals surface area contributed by atoms with Gasteiger partial charge < -0.3 is 9.84 Å². The van der Waals surface area contributed by atoms with Gasteiger partial charge in [-0.1, -0.05) is 32.6 Å². The van der Waals surface area contributed by atoms with Gasteiger partial charge in [0.05, 0.1) is 12.5 Å². The minimum atomic E-state index is -0.765. The van der Waals surface area contributed by atoms with Crippen molar-refractivity contribution >= 4 is 5.97 Å². The second-order valence-corrected chi connectivity index (χ2v) is 3.52. The maximum absolute atomic E-state index is 10.5. The zero-order valence-corrected chi connectivity index (χ0v) is 9.29. The Morgan fingerprint density at radius 1 is 1.29 bits per heavy atom. The number of aliphatic carboxylic acids is 1. The average molecular weight is 202 g/mol. The average Bonchev–Trinajstić information content (AvgIpc) is 2.12. The first kappa shape index (κ1) is 13.4. The number of carbonyl (C=O) groups is 1. The second-order valence-electron chi connectivity index (χ2n) is 3.52. The largest absolute Gasteiger partial charge is 0.481 e. The van der Waals surface area contributed by atoms with Crippen LogP contribution in [0, 0.1) is 0 Å². The number of unbranched alkanes of at least 4 members (excludes halogenated alkanes) is 3. The van der Waals surface area contributed by atoms with Gasteiger partial charge in [0.25, 0.3) is 0 Å². The number of ether oxygens (including phenoxy) is 1. The first-order valence-corrected chi connectivity index (χ1v) is 5.54. The van der Waals surface area contributed by atoms with Gasteiger partial charge in [-0.05, 0) is 13.3 Å². The fourth-order valence-corrected chi connectivity index (χ4v) is 1.47. The second kappa shape index (κ2) is 9.00. The highest BCUT2D eigenvalue weighted by Gasteiger charge is 2.12. The molecule has 0 saturated carbocycles. The molecule has 0 aliphatic rings. The Balaban J connectivity index is 3.56. The number of hydrogen-bond acceptors (Lipinski definition) is 2. The summed E-state index contributed by atoms with van der Waals surface area (Å²) in [7, 11) is 0. The maximum atomic E-state index is 10.5. The Kier molecular flexibility index (Phi) is 8.64. The molecule has 3 heteroatoms. The molecular formula is C11H22O3. The van der Waals surface area contributed by atoms with E-state index in [0.29, 0.717) is 6.61 Å². The van der Waals surface area contributed by atoms with Crippen molar-refractivity contribution in [3.05, 3.63) is 0 Å². The number of rotatable bonds is 9. The zero-order valence-electron chi connectivity index (χ0n) is 9.29. The van der Waals surface area contributed by atoms with E-state index in [-0.39, 0.29) is 12.5 Å². The molecule has 0 aromatic rings. The van der Waals surface area contributed by atoms with Gasteiger partial charge in [-0.2, -0.15) is 0 Å². The Hall–Kier alpha value is -0.570. The SMILES string of the molecule is CCCCCCC(CC(=O)O)OCC. The molecule has 0 spiro atoms. The van der Waals surface area contributed by atoms with E-state index in [2.05, 4.69) is 6.92 Å². The monoisotopic (exact) mass is 202 g/mol. The van der Waals surface area contributed by atoms with Gasteiger partial charge in [0.2, 0.25) is 0 Å². The lowest BCUT2D eigenvalue weighted by Crippen LogP contribution is -2.17. The Morgan fingerprint density at radius 2 is 2.00 bits per heavy atom. The quantitative estimate of drug-likeness (QED) is 0.585. The topological polar surface area (TPSA) is 46.5 Å². The molecule has 1 N–H and O–H groups in total. The van der Waals surface area contributed by atoms with Crippen molar-refractivity contribution in [1.82, 2.24) is 0 Å².